The van der Waals surface area contributed by atoms with E-state index in [4.69, 9.17) is 4.74 Å². The van der Waals surface area contributed by atoms with E-state index < -0.39 is 0 Å². The Balaban J connectivity index is 1.97. The second kappa shape index (κ2) is 6.73. The van der Waals surface area contributed by atoms with Gasteiger partial charge in [0.1, 0.15) is 5.75 Å². The standard InChI is InChI=1S/C14H23N3O/c1-15-14(11-17-9-7-16-8-10-17)12-3-5-13(18-2)6-4-12/h3-6,14-16H,7-11H2,1-2H3. The Kier molecular flexibility index (Phi) is 4.99. The molecule has 1 aromatic carbocycles. The van der Waals surface area contributed by atoms with E-state index in [1.807, 2.05) is 19.2 Å². The third-order valence-corrected chi connectivity index (χ3v) is 3.52. The number of nitrogens with one attached hydrogen (secondary N) is 2. The summed E-state index contributed by atoms with van der Waals surface area (Å²) in [6.45, 7) is 5.52. The summed E-state index contributed by atoms with van der Waals surface area (Å²) < 4.78 is 5.19. The number of rotatable bonds is 5. The lowest BCUT2D eigenvalue weighted by atomic mass is 10.1. The van der Waals surface area contributed by atoms with Gasteiger partial charge in [0, 0.05) is 38.8 Å². The second-order valence-electron chi connectivity index (χ2n) is 4.67. The predicted octanol–water partition coefficient (Wildman–Crippen LogP) is 0.861. The maximum absolute atomic E-state index is 5.19. The van der Waals surface area contributed by atoms with Crippen molar-refractivity contribution in [3.8, 4) is 5.75 Å². The van der Waals surface area contributed by atoms with Gasteiger partial charge in [0.15, 0.2) is 0 Å². The highest BCUT2D eigenvalue weighted by atomic mass is 16.5. The molecule has 1 fully saturated rings. The largest absolute Gasteiger partial charge is 0.497 e. The van der Waals surface area contributed by atoms with Crippen LogP contribution in [0.15, 0.2) is 24.3 Å². The smallest absolute Gasteiger partial charge is 0.118 e. The highest BCUT2D eigenvalue weighted by Crippen LogP contribution is 2.18. The van der Waals surface area contributed by atoms with Gasteiger partial charge < -0.3 is 15.4 Å². The van der Waals surface area contributed by atoms with Crippen molar-refractivity contribution in [1.29, 1.82) is 0 Å². The third kappa shape index (κ3) is 3.45. The van der Waals surface area contributed by atoms with Crippen LogP contribution in [0.4, 0.5) is 0 Å². The van der Waals surface area contributed by atoms with Crippen LogP contribution in [0.3, 0.4) is 0 Å². The van der Waals surface area contributed by atoms with Crippen molar-refractivity contribution in [2.24, 2.45) is 0 Å². The van der Waals surface area contributed by atoms with Crippen molar-refractivity contribution in [3.63, 3.8) is 0 Å². The SMILES string of the molecule is CNC(CN1CCNCC1)c1ccc(OC)cc1. The van der Waals surface area contributed by atoms with Gasteiger partial charge >= 0.3 is 0 Å². The first kappa shape index (κ1) is 13.3. The number of benzene rings is 1. The molecule has 0 spiro atoms. The fourth-order valence-corrected chi connectivity index (χ4v) is 2.35. The van der Waals surface area contributed by atoms with Crippen LogP contribution in [0.1, 0.15) is 11.6 Å². The zero-order valence-corrected chi connectivity index (χ0v) is 11.3. The number of ether oxygens (including phenoxy) is 1. The van der Waals surface area contributed by atoms with Crippen molar-refractivity contribution in [2.45, 2.75) is 6.04 Å². The van der Waals surface area contributed by atoms with E-state index >= 15 is 0 Å². The number of hydrogen-bond donors (Lipinski definition) is 2. The summed E-state index contributed by atoms with van der Waals surface area (Å²) >= 11 is 0. The summed E-state index contributed by atoms with van der Waals surface area (Å²) in [7, 11) is 3.72. The molecular formula is C14H23N3O. The maximum Gasteiger partial charge on any atom is 0.118 e. The second-order valence-corrected chi connectivity index (χ2v) is 4.67. The van der Waals surface area contributed by atoms with Crippen molar-refractivity contribution in [2.75, 3.05) is 46.9 Å². The molecular weight excluding hydrogens is 226 g/mol. The van der Waals surface area contributed by atoms with Crippen LogP contribution in [0, 0.1) is 0 Å². The zero-order chi connectivity index (χ0) is 12.8. The highest BCUT2D eigenvalue weighted by molar-refractivity contribution is 5.29. The number of likely N-dealkylation sites (N-methyl/N-ethyl adjacent to an activating group) is 1. The molecule has 0 bridgehead atoms. The van der Waals surface area contributed by atoms with Crippen LogP contribution < -0.4 is 15.4 Å². The molecule has 2 rings (SSSR count). The molecule has 1 unspecified atom stereocenters. The molecule has 0 aliphatic carbocycles. The third-order valence-electron chi connectivity index (χ3n) is 3.52. The molecule has 1 heterocycles. The molecule has 100 valence electrons. The fraction of sp³-hybridized carbons (Fsp3) is 0.571. The summed E-state index contributed by atoms with van der Waals surface area (Å²) in [5.74, 6) is 0.913. The molecule has 0 radical (unpaired) electrons. The average Bonchev–Trinajstić information content (AvgIpc) is 2.46. The number of hydrogen-bond acceptors (Lipinski definition) is 4. The topological polar surface area (TPSA) is 36.5 Å². The molecule has 1 atom stereocenters. The summed E-state index contributed by atoms with van der Waals surface area (Å²) in [5.41, 5.74) is 1.32. The first-order valence-electron chi connectivity index (χ1n) is 6.58. The van der Waals surface area contributed by atoms with E-state index in [9.17, 15) is 0 Å². The lowest BCUT2D eigenvalue weighted by Crippen LogP contribution is -2.46. The monoisotopic (exact) mass is 249 g/mol. The normalized spacial score (nSPS) is 18.6. The van der Waals surface area contributed by atoms with Gasteiger partial charge in [-0.1, -0.05) is 12.1 Å². The van der Waals surface area contributed by atoms with Gasteiger partial charge in [-0.3, -0.25) is 4.90 Å². The van der Waals surface area contributed by atoms with Crippen molar-refractivity contribution >= 4 is 0 Å². The number of nitrogens with zero attached hydrogens (tertiary/aromatic N) is 1. The van der Waals surface area contributed by atoms with Crippen LogP contribution >= 0.6 is 0 Å². The van der Waals surface area contributed by atoms with Crippen LogP contribution in [0.25, 0.3) is 0 Å². The molecule has 4 heteroatoms. The van der Waals surface area contributed by atoms with E-state index in [0.29, 0.717) is 6.04 Å². The molecule has 1 saturated heterocycles. The van der Waals surface area contributed by atoms with E-state index in [1.165, 1.54) is 5.56 Å². The highest BCUT2D eigenvalue weighted by Gasteiger charge is 2.16. The molecule has 0 amide bonds. The first-order chi connectivity index (χ1) is 8.83. The lowest BCUT2D eigenvalue weighted by molar-refractivity contribution is 0.219. The van der Waals surface area contributed by atoms with Gasteiger partial charge in [-0.25, -0.2) is 0 Å². The van der Waals surface area contributed by atoms with Gasteiger partial charge in [-0.05, 0) is 24.7 Å². The lowest BCUT2D eigenvalue weighted by Gasteiger charge is -2.31. The molecule has 0 saturated carbocycles. The summed E-state index contributed by atoms with van der Waals surface area (Å²) in [6.07, 6.45) is 0. The molecule has 0 aromatic heterocycles. The number of methoxy groups -OCH3 is 1. The van der Waals surface area contributed by atoms with Gasteiger partial charge in [0.2, 0.25) is 0 Å². The average molecular weight is 249 g/mol. The van der Waals surface area contributed by atoms with Gasteiger partial charge in [0.05, 0.1) is 7.11 Å². The van der Waals surface area contributed by atoms with E-state index in [1.54, 1.807) is 7.11 Å². The van der Waals surface area contributed by atoms with Crippen molar-refractivity contribution in [1.82, 2.24) is 15.5 Å². The Morgan fingerprint density at radius 2 is 1.94 bits per heavy atom. The fourth-order valence-electron chi connectivity index (χ4n) is 2.35. The Labute approximate surface area is 109 Å². The van der Waals surface area contributed by atoms with E-state index in [2.05, 4.69) is 27.7 Å². The van der Waals surface area contributed by atoms with Gasteiger partial charge in [-0.15, -0.1) is 0 Å². The Hall–Kier alpha value is -1.10. The van der Waals surface area contributed by atoms with Gasteiger partial charge in [0.25, 0.3) is 0 Å². The zero-order valence-electron chi connectivity index (χ0n) is 11.3. The Morgan fingerprint density at radius 1 is 1.28 bits per heavy atom. The minimum Gasteiger partial charge on any atom is -0.497 e. The molecule has 2 N–H and O–H groups in total. The molecule has 4 nitrogen and oxygen atoms in total. The van der Waals surface area contributed by atoms with E-state index in [0.717, 1.165) is 38.5 Å². The Bertz CT molecular complexity index is 347. The van der Waals surface area contributed by atoms with Crippen LogP contribution in [0.5, 0.6) is 5.75 Å². The van der Waals surface area contributed by atoms with Crippen LogP contribution in [0.2, 0.25) is 0 Å². The van der Waals surface area contributed by atoms with Crippen LogP contribution in [-0.4, -0.2) is 51.8 Å². The van der Waals surface area contributed by atoms with Crippen molar-refractivity contribution < 1.29 is 4.74 Å². The number of piperazine rings is 1. The molecule has 1 aromatic rings. The molecule has 1 aliphatic heterocycles. The predicted molar refractivity (Wildman–Crippen MR) is 74.1 cm³/mol. The maximum atomic E-state index is 5.19. The van der Waals surface area contributed by atoms with Gasteiger partial charge in [-0.2, -0.15) is 0 Å². The summed E-state index contributed by atoms with van der Waals surface area (Å²) in [6, 6.07) is 8.72. The van der Waals surface area contributed by atoms with E-state index in [-0.39, 0.29) is 0 Å². The first-order valence-corrected chi connectivity index (χ1v) is 6.58. The Morgan fingerprint density at radius 3 is 2.50 bits per heavy atom. The molecule has 1 aliphatic rings. The molecule has 18 heavy (non-hydrogen) atoms. The van der Waals surface area contributed by atoms with Crippen molar-refractivity contribution in [3.05, 3.63) is 29.8 Å². The quantitative estimate of drug-likeness (QED) is 0.811. The summed E-state index contributed by atoms with van der Waals surface area (Å²) in [5, 5.41) is 6.78. The minimum atomic E-state index is 0.383. The van der Waals surface area contributed by atoms with Crippen LogP contribution in [-0.2, 0) is 0 Å². The summed E-state index contributed by atoms with van der Waals surface area (Å²) in [4.78, 5) is 2.50. The minimum absolute atomic E-state index is 0.383.